The average Bonchev–Trinajstić information content (AvgIpc) is 3.28. The summed E-state index contributed by atoms with van der Waals surface area (Å²) < 4.78 is 16.3. The summed E-state index contributed by atoms with van der Waals surface area (Å²) in [6, 6.07) is 22.0. The van der Waals surface area contributed by atoms with Crippen molar-refractivity contribution in [2.75, 3.05) is 33.2 Å². The third-order valence-electron chi connectivity index (χ3n) is 5.76. The zero-order valence-electron chi connectivity index (χ0n) is 19.6. The fourth-order valence-electron chi connectivity index (χ4n) is 3.92. The van der Waals surface area contributed by atoms with Crippen LogP contribution < -0.4 is 19.5 Å². The second kappa shape index (κ2) is 10.9. The lowest BCUT2D eigenvalue weighted by Gasteiger charge is -2.26. The SMILES string of the molecule is COc1ccc2[nH]cc(CCN(Cc3ccc(OC)c(OC)c3)C(=S)Nc3ccccc3)c2c1. The van der Waals surface area contributed by atoms with Gasteiger partial charge in [-0.25, -0.2) is 0 Å². The predicted octanol–water partition coefficient (Wildman–Crippen LogP) is 5.64. The molecule has 0 aliphatic heterocycles. The molecule has 1 aromatic heterocycles. The van der Waals surface area contributed by atoms with Crippen molar-refractivity contribution in [1.29, 1.82) is 0 Å². The molecule has 0 radical (unpaired) electrons. The van der Waals surface area contributed by atoms with Gasteiger partial charge in [-0.2, -0.15) is 0 Å². The summed E-state index contributed by atoms with van der Waals surface area (Å²) in [5.41, 5.74) is 4.35. The minimum absolute atomic E-state index is 0.630. The standard InChI is InChI=1S/C27H29N3O3S/c1-31-22-10-11-24-23(16-22)20(17-28-24)13-14-30(27(34)29-21-7-5-4-6-8-21)18-19-9-12-25(32-2)26(15-19)33-3/h4-12,15-17,28H,13-14,18H2,1-3H3,(H,29,34). The van der Waals surface area contributed by atoms with E-state index >= 15 is 0 Å². The molecule has 2 N–H and O–H groups in total. The van der Waals surface area contributed by atoms with Gasteiger partial charge in [0.2, 0.25) is 0 Å². The number of aromatic amines is 1. The van der Waals surface area contributed by atoms with E-state index in [1.54, 1.807) is 21.3 Å². The van der Waals surface area contributed by atoms with E-state index in [0.29, 0.717) is 23.2 Å². The Balaban J connectivity index is 1.56. The van der Waals surface area contributed by atoms with Crippen molar-refractivity contribution in [1.82, 2.24) is 9.88 Å². The molecule has 0 aliphatic rings. The third kappa shape index (κ3) is 5.43. The minimum Gasteiger partial charge on any atom is -0.497 e. The molecule has 6 nitrogen and oxygen atoms in total. The number of ether oxygens (including phenoxy) is 3. The van der Waals surface area contributed by atoms with E-state index in [9.17, 15) is 0 Å². The van der Waals surface area contributed by atoms with Crippen LogP contribution in [0.25, 0.3) is 10.9 Å². The molecule has 0 atom stereocenters. The Hall–Kier alpha value is -3.71. The number of para-hydroxylation sites is 1. The van der Waals surface area contributed by atoms with Crippen LogP contribution in [-0.2, 0) is 13.0 Å². The van der Waals surface area contributed by atoms with Crippen LogP contribution in [0.4, 0.5) is 5.69 Å². The molecule has 34 heavy (non-hydrogen) atoms. The molecular weight excluding hydrogens is 446 g/mol. The Morgan fingerprint density at radius 1 is 0.912 bits per heavy atom. The fraction of sp³-hybridized carbons (Fsp3) is 0.222. The molecule has 0 saturated carbocycles. The van der Waals surface area contributed by atoms with Crippen molar-refractivity contribution in [3.63, 3.8) is 0 Å². The Kier molecular flexibility index (Phi) is 7.54. The van der Waals surface area contributed by atoms with E-state index in [4.69, 9.17) is 26.4 Å². The fourth-order valence-corrected chi connectivity index (χ4v) is 4.20. The van der Waals surface area contributed by atoms with Crippen LogP contribution in [0.15, 0.2) is 72.9 Å². The summed E-state index contributed by atoms with van der Waals surface area (Å²) in [4.78, 5) is 5.53. The lowest BCUT2D eigenvalue weighted by Crippen LogP contribution is -2.35. The van der Waals surface area contributed by atoms with Crippen molar-refractivity contribution in [2.24, 2.45) is 0 Å². The number of fused-ring (bicyclic) bond motifs is 1. The van der Waals surface area contributed by atoms with E-state index in [1.165, 1.54) is 5.56 Å². The second-order valence-electron chi connectivity index (χ2n) is 7.88. The molecule has 0 spiro atoms. The molecule has 0 saturated heterocycles. The molecule has 0 bridgehead atoms. The number of aromatic nitrogens is 1. The van der Waals surface area contributed by atoms with Gasteiger partial charge >= 0.3 is 0 Å². The number of anilines is 1. The van der Waals surface area contributed by atoms with Gasteiger partial charge in [-0.15, -0.1) is 0 Å². The maximum absolute atomic E-state index is 5.83. The first-order valence-electron chi connectivity index (χ1n) is 11.1. The van der Waals surface area contributed by atoms with Gasteiger partial charge in [0.25, 0.3) is 0 Å². The number of methoxy groups -OCH3 is 3. The zero-order chi connectivity index (χ0) is 23.9. The van der Waals surface area contributed by atoms with E-state index in [-0.39, 0.29) is 0 Å². The lowest BCUT2D eigenvalue weighted by atomic mass is 10.1. The predicted molar refractivity (Wildman–Crippen MR) is 141 cm³/mol. The summed E-state index contributed by atoms with van der Waals surface area (Å²) >= 11 is 5.83. The molecule has 0 fully saturated rings. The number of nitrogens with zero attached hydrogens (tertiary/aromatic N) is 1. The Morgan fingerprint density at radius 2 is 1.71 bits per heavy atom. The van der Waals surface area contributed by atoms with E-state index in [1.807, 2.05) is 60.7 Å². The summed E-state index contributed by atoms with van der Waals surface area (Å²) in [5, 5.41) is 5.20. The summed E-state index contributed by atoms with van der Waals surface area (Å²) in [6.07, 6.45) is 2.88. The summed E-state index contributed by atoms with van der Waals surface area (Å²) in [7, 11) is 4.97. The molecule has 0 aliphatic carbocycles. The summed E-state index contributed by atoms with van der Waals surface area (Å²) in [6.45, 7) is 1.36. The van der Waals surface area contributed by atoms with Crippen molar-refractivity contribution in [3.05, 3.63) is 84.1 Å². The topological polar surface area (TPSA) is 58.8 Å². The first-order chi connectivity index (χ1) is 16.6. The second-order valence-corrected chi connectivity index (χ2v) is 8.27. The average molecular weight is 476 g/mol. The van der Waals surface area contributed by atoms with Crippen LogP contribution >= 0.6 is 12.2 Å². The van der Waals surface area contributed by atoms with Gasteiger partial charge in [0.15, 0.2) is 16.6 Å². The van der Waals surface area contributed by atoms with Gasteiger partial charge in [0, 0.05) is 35.9 Å². The van der Waals surface area contributed by atoms with E-state index in [0.717, 1.165) is 40.9 Å². The minimum atomic E-state index is 0.630. The molecule has 176 valence electrons. The monoisotopic (exact) mass is 475 g/mol. The molecule has 1 heterocycles. The lowest BCUT2D eigenvalue weighted by molar-refractivity contribution is 0.353. The number of H-pyrrole nitrogens is 1. The van der Waals surface area contributed by atoms with Gasteiger partial charge in [-0.3, -0.25) is 0 Å². The zero-order valence-corrected chi connectivity index (χ0v) is 20.4. The number of rotatable bonds is 9. The highest BCUT2D eigenvalue weighted by atomic mass is 32.1. The van der Waals surface area contributed by atoms with E-state index in [2.05, 4.69) is 27.5 Å². The number of benzene rings is 3. The first-order valence-corrected chi connectivity index (χ1v) is 11.5. The van der Waals surface area contributed by atoms with Gasteiger partial charge < -0.3 is 29.4 Å². The Morgan fingerprint density at radius 3 is 2.44 bits per heavy atom. The van der Waals surface area contributed by atoms with Crippen LogP contribution in [-0.4, -0.2) is 42.9 Å². The Labute approximate surface area is 205 Å². The molecule has 4 aromatic rings. The van der Waals surface area contributed by atoms with Crippen LogP contribution in [0.3, 0.4) is 0 Å². The molecular formula is C27H29N3O3S. The van der Waals surface area contributed by atoms with Crippen LogP contribution in [0.2, 0.25) is 0 Å². The Bertz CT molecular complexity index is 1260. The smallest absolute Gasteiger partial charge is 0.173 e. The van der Waals surface area contributed by atoms with Gasteiger partial charge in [0.05, 0.1) is 21.3 Å². The number of nitrogens with one attached hydrogen (secondary N) is 2. The van der Waals surface area contributed by atoms with Crippen molar-refractivity contribution in [3.8, 4) is 17.2 Å². The summed E-state index contributed by atoms with van der Waals surface area (Å²) in [5.74, 6) is 2.25. The normalized spacial score (nSPS) is 10.7. The molecule has 0 unspecified atom stereocenters. The van der Waals surface area contributed by atoms with E-state index < -0.39 is 0 Å². The highest BCUT2D eigenvalue weighted by Crippen LogP contribution is 2.29. The maximum Gasteiger partial charge on any atom is 0.173 e. The number of hydrogen-bond donors (Lipinski definition) is 2. The van der Waals surface area contributed by atoms with Crippen molar-refractivity contribution in [2.45, 2.75) is 13.0 Å². The highest BCUT2D eigenvalue weighted by Gasteiger charge is 2.15. The number of hydrogen-bond acceptors (Lipinski definition) is 4. The van der Waals surface area contributed by atoms with Crippen molar-refractivity contribution < 1.29 is 14.2 Å². The van der Waals surface area contributed by atoms with Crippen LogP contribution in [0.5, 0.6) is 17.2 Å². The molecule has 4 rings (SSSR count). The maximum atomic E-state index is 5.83. The van der Waals surface area contributed by atoms with Crippen LogP contribution in [0, 0.1) is 0 Å². The first kappa shape index (κ1) is 23.4. The van der Waals surface area contributed by atoms with Gasteiger partial charge in [-0.1, -0.05) is 24.3 Å². The van der Waals surface area contributed by atoms with Crippen molar-refractivity contribution >= 4 is 33.9 Å². The molecule has 3 aromatic carbocycles. The van der Waals surface area contributed by atoms with Gasteiger partial charge in [-0.05, 0) is 72.2 Å². The number of thiocarbonyl (C=S) groups is 1. The molecule has 0 amide bonds. The van der Waals surface area contributed by atoms with Crippen LogP contribution in [0.1, 0.15) is 11.1 Å². The highest BCUT2D eigenvalue weighted by molar-refractivity contribution is 7.80. The quantitative estimate of drug-likeness (QED) is 0.306. The third-order valence-corrected chi connectivity index (χ3v) is 6.12. The molecule has 7 heteroatoms. The van der Waals surface area contributed by atoms with Gasteiger partial charge in [0.1, 0.15) is 5.75 Å². The largest absolute Gasteiger partial charge is 0.497 e.